The number of thiophene rings is 2. The van der Waals surface area contributed by atoms with Crippen molar-refractivity contribution in [1.82, 2.24) is 0 Å². The molecule has 0 bridgehead atoms. The van der Waals surface area contributed by atoms with Crippen LogP contribution in [0.3, 0.4) is 0 Å². The van der Waals surface area contributed by atoms with Gasteiger partial charge in [0.15, 0.2) is 0 Å². The molecule has 0 aliphatic heterocycles. The smallest absolute Gasteiger partial charge is 0.267 e. The van der Waals surface area contributed by atoms with E-state index in [-0.39, 0.29) is 11.6 Å². The molecule has 0 saturated carbocycles. The van der Waals surface area contributed by atoms with Crippen LogP contribution in [0, 0.1) is 5.82 Å². The zero-order valence-electron chi connectivity index (χ0n) is 9.64. The maximum Gasteiger partial charge on any atom is 0.267 e. The van der Waals surface area contributed by atoms with Crippen molar-refractivity contribution in [2.24, 2.45) is 0 Å². The maximum atomic E-state index is 13.7. The number of nitrogen functional groups attached to an aromatic ring is 1. The molecular formula is C13H9FN2OS2. The highest BCUT2D eigenvalue weighted by molar-refractivity contribution is 7.21. The van der Waals surface area contributed by atoms with E-state index in [9.17, 15) is 9.18 Å². The fourth-order valence-corrected chi connectivity index (χ4v) is 3.44. The van der Waals surface area contributed by atoms with Crippen molar-refractivity contribution in [2.45, 2.75) is 0 Å². The molecule has 2 heterocycles. The lowest BCUT2D eigenvalue weighted by molar-refractivity contribution is 0.103. The highest BCUT2D eigenvalue weighted by Gasteiger charge is 2.18. The molecule has 3 N–H and O–H groups in total. The standard InChI is InChI=1S/C13H9FN2OS2/c14-8-2-1-3-9-10(8)11(15)12(19-9)13(17)16-7-4-5-18-6-7/h1-6H,15H2,(H,16,17). The monoisotopic (exact) mass is 292 g/mol. The number of fused-ring (bicyclic) bond motifs is 1. The first kappa shape index (κ1) is 12.1. The number of nitrogens with two attached hydrogens (primary N) is 1. The summed E-state index contributed by atoms with van der Waals surface area (Å²) in [7, 11) is 0. The van der Waals surface area contributed by atoms with Gasteiger partial charge in [-0.15, -0.1) is 11.3 Å². The third-order valence-corrected chi connectivity index (χ3v) is 4.54. The lowest BCUT2D eigenvalue weighted by Crippen LogP contribution is -2.11. The molecule has 3 nitrogen and oxygen atoms in total. The van der Waals surface area contributed by atoms with Gasteiger partial charge in [-0.1, -0.05) is 6.07 Å². The minimum absolute atomic E-state index is 0.200. The van der Waals surface area contributed by atoms with Crippen LogP contribution in [0.25, 0.3) is 10.1 Å². The number of rotatable bonds is 2. The van der Waals surface area contributed by atoms with Gasteiger partial charge in [0.05, 0.1) is 16.8 Å². The lowest BCUT2D eigenvalue weighted by atomic mass is 10.2. The van der Waals surface area contributed by atoms with Crippen LogP contribution >= 0.6 is 22.7 Å². The van der Waals surface area contributed by atoms with E-state index < -0.39 is 5.82 Å². The molecule has 0 aliphatic carbocycles. The summed E-state index contributed by atoms with van der Waals surface area (Å²) < 4.78 is 14.4. The Hall–Kier alpha value is -1.92. The van der Waals surface area contributed by atoms with Crippen molar-refractivity contribution in [3.63, 3.8) is 0 Å². The Morgan fingerprint density at radius 2 is 2.16 bits per heavy atom. The zero-order valence-corrected chi connectivity index (χ0v) is 11.3. The zero-order chi connectivity index (χ0) is 13.4. The van der Waals surface area contributed by atoms with Crippen LogP contribution in [0.4, 0.5) is 15.8 Å². The summed E-state index contributed by atoms with van der Waals surface area (Å²) in [4.78, 5) is 12.5. The van der Waals surface area contributed by atoms with Gasteiger partial charge in [-0.2, -0.15) is 11.3 Å². The summed E-state index contributed by atoms with van der Waals surface area (Å²) in [6, 6.07) is 6.49. The van der Waals surface area contributed by atoms with E-state index in [1.165, 1.54) is 28.7 Å². The van der Waals surface area contributed by atoms with Crippen LogP contribution in [0.1, 0.15) is 9.67 Å². The Bertz CT molecular complexity index is 749. The highest BCUT2D eigenvalue weighted by atomic mass is 32.1. The number of amides is 1. The number of carbonyl (C=O) groups is 1. The second-order valence-electron chi connectivity index (χ2n) is 3.92. The third-order valence-electron chi connectivity index (χ3n) is 2.69. The van der Waals surface area contributed by atoms with Gasteiger partial charge in [0.2, 0.25) is 0 Å². The van der Waals surface area contributed by atoms with Gasteiger partial charge in [-0.3, -0.25) is 4.79 Å². The number of benzene rings is 1. The van der Waals surface area contributed by atoms with Crippen molar-refractivity contribution in [2.75, 3.05) is 11.1 Å². The molecule has 0 radical (unpaired) electrons. The van der Waals surface area contributed by atoms with Gasteiger partial charge >= 0.3 is 0 Å². The minimum Gasteiger partial charge on any atom is -0.397 e. The van der Waals surface area contributed by atoms with Crippen molar-refractivity contribution < 1.29 is 9.18 Å². The number of nitrogens with one attached hydrogen (secondary N) is 1. The molecule has 0 fully saturated rings. The first-order chi connectivity index (χ1) is 9.16. The molecule has 3 aromatic rings. The molecular weight excluding hydrogens is 283 g/mol. The Morgan fingerprint density at radius 1 is 1.32 bits per heavy atom. The van der Waals surface area contributed by atoms with Gasteiger partial charge in [-0.05, 0) is 23.6 Å². The number of carbonyl (C=O) groups excluding carboxylic acids is 1. The van der Waals surface area contributed by atoms with Gasteiger partial charge < -0.3 is 11.1 Å². The predicted octanol–water partition coefficient (Wildman–Crippen LogP) is 3.94. The van der Waals surface area contributed by atoms with Gasteiger partial charge in [0, 0.05) is 10.1 Å². The fraction of sp³-hybridized carbons (Fsp3) is 0. The van der Waals surface area contributed by atoms with Crippen molar-refractivity contribution in [1.29, 1.82) is 0 Å². The molecule has 1 aromatic carbocycles. The van der Waals surface area contributed by atoms with Crippen LogP contribution in [0.5, 0.6) is 0 Å². The van der Waals surface area contributed by atoms with Crippen LogP contribution in [-0.4, -0.2) is 5.91 Å². The van der Waals surface area contributed by atoms with Crippen LogP contribution in [0.15, 0.2) is 35.0 Å². The van der Waals surface area contributed by atoms with E-state index in [4.69, 9.17) is 5.73 Å². The molecule has 19 heavy (non-hydrogen) atoms. The summed E-state index contributed by atoms with van der Waals surface area (Å²) >= 11 is 2.68. The van der Waals surface area contributed by atoms with Gasteiger partial charge in [-0.25, -0.2) is 4.39 Å². The number of anilines is 2. The number of hydrogen-bond acceptors (Lipinski definition) is 4. The first-order valence-corrected chi connectivity index (χ1v) is 7.23. The molecule has 2 aromatic heterocycles. The maximum absolute atomic E-state index is 13.7. The van der Waals surface area contributed by atoms with Crippen molar-refractivity contribution in [3.8, 4) is 0 Å². The van der Waals surface area contributed by atoms with E-state index in [0.29, 0.717) is 20.7 Å². The molecule has 0 saturated heterocycles. The summed E-state index contributed by atoms with van der Waals surface area (Å²) in [6.07, 6.45) is 0. The molecule has 6 heteroatoms. The molecule has 0 atom stereocenters. The Kier molecular flexibility index (Phi) is 2.96. The van der Waals surface area contributed by atoms with Gasteiger partial charge in [0.1, 0.15) is 10.7 Å². The van der Waals surface area contributed by atoms with Crippen LogP contribution in [0.2, 0.25) is 0 Å². The Morgan fingerprint density at radius 3 is 2.84 bits per heavy atom. The van der Waals surface area contributed by atoms with Crippen molar-refractivity contribution in [3.05, 3.63) is 45.7 Å². The SMILES string of the molecule is Nc1c(C(=O)Nc2ccsc2)sc2cccc(F)c12. The molecule has 3 rings (SSSR count). The van der Waals surface area contributed by atoms with E-state index in [1.807, 2.05) is 10.8 Å². The summed E-state index contributed by atoms with van der Waals surface area (Å²) in [5, 5.41) is 6.75. The molecule has 0 unspecified atom stereocenters. The largest absolute Gasteiger partial charge is 0.397 e. The topological polar surface area (TPSA) is 55.1 Å². The highest BCUT2D eigenvalue weighted by Crippen LogP contribution is 2.35. The fourth-order valence-electron chi connectivity index (χ4n) is 1.82. The number of halogens is 1. The quantitative estimate of drug-likeness (QED) is 0.751. The Labute approximate surface area is 116 Å². The molecule has 0 spiro atoms. The second kappa shape index (κ2) is 4.64. The minimum atomic E-state index is -0.402. The van der Waals surface area contributed by atoms with Crippen LogP contribution in [-0.2, 0) is 0 Å². The first-order valence-electron chi connectivity index (χ1n) is 5.47. The average molecular weight is 292 g/mol. The summed E-state index contributed by atoms with van der Waals surface area (Å²) in [5.74, 6) is -0.711. The van der Waals surface area contributed by atoms with E-state index in [2.05, 4.69) is 5.32 Å². The summed E-state index contributed by atoms with van der Waals surface area (Å²) in [6.45, 7) is 0. The van der Waals surface area contributed by atoms with Crippen LogP contribution < -0.4 is 11.1 Å². The lowest BCUT2D eigenvalue weighted by Gasteiger charge is -2.01. The molecule has 0 aliphatic rings. The number of hydrogen-bond donors (Lipinski definition) is 2. The van der Waals surface area contributed by atoms with E-state index in [1.54, 1.807) is 18.2 Å². The third kappa shape index (κ3) is 2.09. The van der Waals surface area contributed by atoms with Gasteiger partial charge in [0.25, 0.3) is 5.91 Å². The average Bonchev–Trinajstić information content (AvgIpc) is 2.98. The Balaban J connectivity index is 2.03. The van der Waals surface area contributed by atoms with Crippen molar-refractivity contribution >= 4 is 50.0 Å². The second-order valence-corrected chi connectivity index (χ2v) is 5.76. The summed E-state index contributed by atoms with van der Waals surface area (Å²) in [5.41, 5.74) is 6.80. The van der Waals surface area contributed by atoms with E-state index in [0.717, 1.165) is 0 Å². The normalized spacial score (nSPS) is 10.8. The van der Waals surface area contributed by atoms with E-state index >= 15 is 0 Å². The molecule has 1 amide bonds. The molecule has 96 valence electrons. The predicted molar refractivity (Wildman–Crippen MR) is 78.5 cm³/mol.